The van der Waals surface area contributed by atoms with Gasteiger partial charge in [-0.05, 0) is 31.2 Å². The number of carbonyl (C=O) groups is 2. The number of carbonyl (C=O) groups excluding carboxylic acids is 2. The zero-order chi connectivity index (χ0) is 20.1. The van der Waals surface area contributed by atoms with Crippen LogP contribution in [0.1, 0.15) is 25.7 Å². The van der Waals surface area contributed by atoms with Gasteiger partial charge in [-0.2, -0.15) is 5.10 Å². The summed E-state index contributed by atoms with van der Waals surface area (Å²) in [6.45, 7) is 8.14. The van der Waals surface area contributed by atoms with E-state index in [1.807, 2.05) is 32.9 Å². The van der Waals surface area contributed by atoms with Crippen LogP contribution in [0.25, 0.3) is 0 Å². The van der Waals surface area contributed by atoms with Gasteiger partial charge in [0.2, 0.25) is 11.8 Å². The summed E-state index contributed by atoms with van der Waals surface area (Å²) in [6, 6.07) is 1.95. The van der Waals surface area contributed by atoms with Gasteiger partial charge >= 0.3 is 0 Å². The first-order chi connectivity index (χ1) is 14.2. The first-order valence-electron chi connectivity index (χ1n) is 11.0. The molecular formula is C21H33N5O3. The van der Waals surface area contributed by atoms with Crippen molar-refractivity contribution in [3.05, 3.63) is 18.5 Å². The molecule has 0 saturated carbocycles. The van der Waals surface area contributed by atoms with Crippen LogP contribution < -0.4 is 0 Å². The van der Waals surface area contributed by atoms with Gasteiger partial charge in [0, 0.05) is 71.2 Å². The van der Waals surface area contributed by atoms with E-state index in [1.54, 1.807) is 0 Å². The molecule has 3 saturated heterocycles. The number of amides is 2. The van der Waals surface area contributed by atoms with E-state index < -0.39 is 0 Å². The Morgan fingerprint density at radius 3 is 2.62 bits per heavy atom. The number of likely N-dealkylation sites (tertiary alicyclic amines) is 2. The molecule has 4 heterocycles. The van der Waals surface area contributed by atoms with Crippen LogP contribution in [0.3, 0.4) is 0 Å². The van der Waals surface area contributed by atoms with Gasteiger partial charge in [-0.25, -0.2) is 0 Å². The molecule has 0 N–H and O–H groups in total. The van der Waals surface area contributed by atoms with Crippen LogP contribution >= 0.6 is 0 Å². The number of rotatable bonds is 6. The van der Waals surface area contributed by atoms with Crippen molar-refractivity contribution < 1.29 is 14.3 Å². The Kier molecular flexibility index (Phi) is 6.82. The van der Waals surface area contributed by atoms with Gasteiger partial charge < -0.3 is 14.5 Å². The molecular weight excluding hydrogens is 370 g/mol. The fourth-order valence-corrected chi connectivity index (χ4v) is 4.69. The summed E-state index contributed by atoms with van der Waals surface area (Å²) in [4.78, 5) is 31.7. The maximum absolute atomic E-state index is 13.1. The Hall–Kier alpha value is -1.93. The lowest BCUT2D eigenvalue weighted by molar-refractivity contribution is -0.144. The standard InChI is InChI=1S/C21H33N5O3/c27-20-3-2-19(17-25(20)11-10-23-12-14-29-15-13-23)21(28)24-8-4-18(5-9-24)16-26-7-1-6-22-26/h1,6-7,18-19H,2-5,8-17H2/t19-/m0/s1. The normalized spacial score (nSPS) is 24.8. The molecule has 0 bridgehead atoms. The van der Waals surface area contributed by atoms with Gasteiger partial charge in [0.05, 0.1) is 19.1 Å². The number of nitrogens with zero attached hydrogens (tertiary/aromatic N) is 5. The minimum absolute atomic E-state index is 0.0416. The second-order valence-electron chi connectivity index (χ2n) is 8.53. The quantitative estimate of drug-likeness (QED) is 0.699. The minimum atomic E-state index is -0.0416. The summed E-state index contributed by atoms with van der Waals surface area (Å²) in [5.74, 6) is 0.976. The third kappa shape index (κ3) is 5.36. The van der Waals surface area contributed by atoms with Crippen molar-refractivity contribution in [1.82, 2.24) is 24.5 Å². The predicted octanol–water partition coefficient (Wildman–Crippen LogP) is 0.693. The third-order valence-electron chi connectivity index (χ3n) is 6.57. The SMILES string of the molecule is O=C1CC[C@H](C(=O)N2CCC(Cn3cccn3)CC2)CN1CCN1CCOCC1. The molecule has 0 unspecified atom stereocenters. The number of hydrogen-bond acceptors (Lipinski definition) is 5. The Morgan fingerprint density at radius 2 is 1.90 bits per heavy atom. The molecule has 2 amide bonds. The van der Waals surface area contributed by atoms with Crippen LogP contribution in [-0.2, 0) is 20.9 Å². The fraction of sp³-hybridized carbons (Fsp3) is 0.762. The largest absolute Gasteiger partial charge is 0.379 e. The van der Waals surface area contributed by atoms with E-state index in [2.05, 4.69) is 10.00 Å². The highest BCUT2D eigenvalue weighted by Gasteiger charge is 2.34. The second kappa shape index (κ2) is 9.71. The molecule has 3 fully saturated rings. The molecule has 0 spiro atoms. The highest BCUT2D eigenvalue weighted by Crippen LogP contribution is 2.24. The summed E-state index contributed by atoms with van der Waals surface area (Å²) in [5.41, 5.74) is 0. The van der Waals surface area contributed by atoms with Crippen molar-refractivity contribution in [3.63, 3.8) is 0 Å². The maximum atomic E-state index is 13.1. The van der Waals surface area contributed by atoms with E-state index in [0.29, 0.717) is 31.8 Å². The van der Waals surface area contributed by atoms with Crippen LogP contribution in [0, 0.1) is 11.8 Å². The van der Waals surface area contributed by atoms with E-state index in [-0.39, 0.29) is 17.7 Å². The zero-order valence-corrected chi connectivity index (χ0v) is 17.2. The van der Waals surface area contributed by atoms with Crippen molar-refractivity contribution in [1.29, 1.82) is 0 Å². The number of morpholine rings is 1. The van der Waals surface area contributed by atoms with Crippen LogP contribution in [0.2, 0.25) is 0 Å². The fourth-order valence-electron chi connectivity index (χ4n) is 4.69. The van der Waals surface area contributed by atoms with E-state index in [4.69, 9.17) is 4.74 Å². The van der Waals surface area contributed by atoms with E-state index in [0.717, 1.165) is 65.3 Å². The van der Waals surface area contributed by atoms with Crippen LogP contribution in [0.4, 0.5) is 0 Å². The monoisotopic (exact) mass is 403 g/mol. The molecule has 8 heteroatoms. The molecule has 1 atom stereocenters. The summed E-state index contributed by atoms with van der Waals surface area (Å²) in [5, 5.41) is 4.29. The van der Waals surface area contributed by atoms with Crippen molar-refractivity contribution in [3.8, 4) is 0 Å². The van der Waals surface area contributed by atoms with Crippen molar-refractivity contribution in [2.24, 2.45) is 11.8 Å². The Bertz CT molecular complexity index is 666. The van der Waals surface area contributed by atoms with Gasteiger partial charge in [0.1, 0.15) is 0 Å². The van der Waals surface area contributed by atoms with E-state index >= 15 is 0 Å². The topological polar surface area (TPSA) is 70.9 Å². The number of hydrogen-bond donors (Lipinski definition) is 0. The Morgan fingerprint density at radius 1 is 1.10 bits per heavy atom. The molecule has 1 aromatic heterocycles. The molecule has 0 aromatic carbocycles. The smallest absolute Gasteiger partial charge is 0.227 e. The van der Waals surface area contributed by atoms with E-state index in [1.165, 1.54) is 0 Å². The first-order valence-corrected chi connectivity index (χ1v) is 11.0. The Balaban J connectivity index is 1.23. The lowest BCUT2D eigenvalue weighted by atomic mass is 9.92. The zero-order valence-electron chi connectivity index (χ0n) is 17.2. The van der Waals surface area contributed by atoms with Gasteiger partial charge in [-0.1, -0.05) is 0 Å². The minimum Gasteiger partial charge on any atom is -0.379 e. The van der Waals surface area contributed by atoms with Crippen LogP contribution in [0.5, 0.6) is 0 Å². The average molecular weight is 404 g/mol. The maximum Gasteiger partial charge on any atom is 0.227 e. The second-order valence-corrected chi connectivity index (χ2v) is 8.53. The molecule has 4 rings (SSSR count). The molecule has 0 radical (unpaired) electrons. The number of piperidine rings is 2. The van der Waals surface area contributed by atoms with Crippen molar-refractivity contribution in [2.75, 3.05) is 59.0 Å². The van der Waals surface area contributed by atoms with Crippen LogP contribution in [-0.4, -0.2) is 95.3 Å². The van der Waals surface area contributed by atoms with E-state index in [9.17, 15) is 9.59 Å². The lowest BCUT2D eigenvalue weighted by Gasteiger charge is -2.38. The summed E-state index contributed by atoms with van der Waals surface area (Å²) in [6.07, 6.45) is 7.06. The predicted molar refractivity (Wildman–Crippen MR) is 108 cm³/mol. The van der Waals surface area contributed by atoms with Crippen LogP contribution in [0.15, 0.2) is 18.5 Å². The number of ether oxygens (including phenoxy) is 1. The molecule has 29 heavy (non-hydrogen) atoms. The average Bonchev–Trinajstić information content (AvgIpc) is 3.27. The summed E-state index contributed by atoms with van der Waals surface area (Å²) >= 11 is 0. The highest BCUT2D eigenvalue weighted by molar-refractivity contribution is 5.84. The first kappa shape index (κ1) is 20.3. The lowest BCUT2D eigenvalue weighted by Crippen LogP contribution is -2.51. The molecule has 0 aliphatic carbocycles. The Labute approximate surface area is 172 Å². The number of aromatic nitrogens is 2. The molecule has 8 nitrogen and oxygen atoms in total. The molecule has 3 aliphatic heterocycles. The summed E-state index contributed by atoms with van der Waals surface area (Å²) < 4.78 is 7.38. The third-order valence-corrected chi connectivity index (χ3v) is 6.57. The van der Waals surface area contributed by atoms with Gasteiger partial charge in [0.15, 0.2) is 0 Å². The van der Waals surface area contributed by atoms with Gasteiger partial charge in [0.25, 0.3) is 0 Å². The summed E-state index contributed by atoms with van der Waals surface area (Å²) in [7, 11) is 0. The molecule has 1 aromatic rings. The highest BCUT2D eigenvalue weighted by atomic mass is 16.5. The van der Waals surface area contributed by atoms with Gasteiger partial charge in [-0.15, -0.1) is 0 Å². The van der Waals surface area contributed by atoms with Crippen molar-refractivity contribution >= 4 is 11.8 Å². The molecule has 160 valence electrons. The van der Waals surface area contributed by atoms with Crippen molar-refractivity contribution in [2.45, 2.75) is 32.2 Å². The van der Waals surface area contributed by atoms with Gasteiger partial charge in [-0.3, -0.25) is 19.2 Å². The molecule has 3 aliphatic rings.